The molecule has 2 aromatic carbocycles. The molecule has 6 rings (SSSR count). The fourth-order valence-electron chi connectivity index (χ4n) is 6.88. The first-order valence-corrected chi connectivity index (χ1v) is 15.6. The number of carbonyl (C=O) groups is 2. The van der Waals surface area contributed by atoms with Crippen LogP contribution in [0, 0.1) is 23.2 Å². The number of nitrogens with one attached hydrogen (secondary N) is 1. The van der Waals surface area contributed by atoms with E-state index in [1.807, 2.05) is 20.8 Å². The summed E-state index contributed by atoms with van der Waals surface area (Å²) in [5.41, 5.74) is 0.112. The molecule has 1 aromatic heterocycles. The zero-order valence-electron chi connectivity index (χ0n) is 26.9. The van der Waals surface area contributed by atoms with Crippen LogP contribution < -0.4 is 10.3 Å². The molecule has 2 fully saturated rings. The van der Waals surface area contributed by atoms with Gasteiger partial charge in [-0.2, -0.15) is 23.5 Å². The van der Waals surface area contributed by atoms with Gasteiger partial charge >= 0.3 is 12.3 Å². The quantitative estimate of drug-likeness (QED) is 0.394. The SMILES string of the molecule is CN1C(c2ccnn2-c2ccc(C#N)cc2)=C(C(=O)NC2C[C@@H]3CN(C(=O)OC(C)(C)C)C[C@@H]3C2)C(O)N1c1cccc(C(F)(F)F)c1. The maximum absolute atomic E-state index is 14.1. The maximum Gasteiger partial charge on any atom is 0.416 e. The van der Waals surface area contributed by atoms with E-state index >= 15 is 0 Å². The van der Waals surface area contributed by atoms with Crippen LogP contribution in [-0.2, 0) is 15.7 Å². The summed E-state index contributed by atoms with van der Waals surface area (Å²) in [6.07, 6.45) is -3.88. The molecule has 0 bridgehead atoms. The van der Waals surface area contributed by atoms with E-state index in [0.29, 0.717) is 42.9 Å². The van der Waals surface area contributed by atoms with E-state index < -0.39 is 29.5 Å². The summed E-state index contributed by atoms with van der Waals surface area (Å²) in [4.78, 5) is 28.5. The van der Waals surface area contributed by atoms with Gasteiger partial charge in [-0.05, 0) is 94.0 Å². The molecule has 1 aliphatic carbocycles. The monoisotopic (exact) mass is 663 g/mol. The third kappa shape index (κ3) is 6.29. The smallest absolute Gasteiger partial charge is 0.416 e. The number of likely N-dealkylation sites (tertiary alicyclic amines) is 1. The highest BCUT2D eigenvalue weighted by Gasteiger charge is 2.46. The number of carbonyl (C=O) groups excluding carboxylic acids is 2. The number of benzene rings is 2. The molecule has 3 heterocycles. The van der Waals surface area contributed by atoms with Gasteiger partial charge in [0, 0.05) is 26.2 Å². The number of aliphatic hydroxyl groups excluding tert-OH is 1. The largest absolute Gasteiger partial charge is 0.444 e. The number of aromatic nitrogens is 2. The van der Waals surface area contributed by atoms with E-state index in [1.165, 1.54) is 33.0 Å². The highest BCUT2D eigenvalue weighted by Crippen LogP contribution is 2.42. The van der Waals surface area contributed by atoms with Gasteiger partial charge in [-0.15, -0.1) is 0 Å². The number of alkyl halides is 3. The lowest BCUT2D eigenvalue weighted by atomic mass is 10.0. The number of hydrogen-bond donors (Lipinski definition) is 2. The van der Waals surface area contributed by atoms with Crippen molar-refractivity contribution in [3.05, 3.63) is 83.2 Å². The molecule has 2 aliphatic heterocycles. The molecular formula is C34H36F3N7O4. The number of nitrogens with zero attached hydrogens (tertiary/aromatic N) is 6. The molecule has 2 amide bonds. The van der Waals surface area contributed by atoms with Crippen molar-refractivity contribution < 1.29 is 32.6 Å². The number of fused-ring (bicyclic) bond motifs is 1. The Morgan fingerprint density at radius 3 is 2.29 bits per heavy atom. The Morgan fingerprint density at radius 2 is 1.69 bits per heavy atom. The molecule has 3 aliphatic rings. The Balaban J connectivity index is 1.30. The molecule has 0 spiro atoms. The highest BCUT2D eigenvalue weighted by molar-refractivity contribution is 6.04. The Morgan fingerprint density at radius 1 is 1.02 bits per heavy atom. The molecule has 14 heteroatoms. The average Bonchev–Trinajstić information content (AvgIpc) is 3.78. The fraction of sp³-hybridized carbons (Fsp3) is 0.412. The van der Waals surface area contributed by atoms with Gasteiger partial charge in [0.2, 0.25) is 0 Å². The van der Waals surface area contributed by atoms with Crippen LogP contribution in [0.5, 0.6) is 0 Å². The molecule has 1 saturated heterocycles. The minimum atomic E-state index is -4.62. The van der Waals surface area contributed by atoms with Gasteiger partial charge in [0.25, 0.3) is 5.91 Å². The summed E-state index contributed by atoms with van der Waals surface area (Å²) in [5, 5.41) is 31.1. The summed E-state index contributed by atoms with van der Waals surface area (Å²) in [6.45, 7) is 6.47. The van der Waals surface area contributed by atoms with E-state index in [0.717, 1.165) is 12.1 Å². The lowest BCUT2D eigenvalue weighted by molar-refractivity contribution is -0.137. The fourth-order valence-corrected chi connectivity index (χ4v) is 6.88. The van der Waals surface area contributed by atoms with E-state index in [2.05, 4.69) is 16.5 Å². The van der Waals surface area contributed by atoms with Crippen LogP contribution in [0.3, 0.4) is 0 Å². The third-order valence-electron chi connectivity index (χ3n) is 8.94. The average molecular weight is 664 g/mol. The van der Waals surface area contributed by atoms with Gasteiger partial charge in [-0.25, -0.2) is 9.48 Å². The van der Waals surface area contributed by atoms with Crippen LogP contribution in [0.25, 0.3) is 11.4 Å². The first-order chi connectivity index (χ1) is 22.6. The Bertz CT molecular complexity index is 1780. The van der Waals surface area contributed by atoms with Crippen LogP contribution in [0.4, 0.5) is 23.7 Å². The highest BCUT2D eigenvalue weighted by atomic mass is 19.4. The van der Waals surface area contributed by atoms with Crippen molar-refractivity contribution in [3.63, 3.8) is 0 Å². The second kappa shape index (κ2) is 12.2. The van der Waals surface area contributed by atoms with Gasteiger partial charge in [-0.3, -0.25) is 14.8 Å². The van der Waals surface area contributed by atoms with E-state index in [4.69, 9.17) is 4.74 Å². The number of halogens is 3. The summed E-state index contributed by atoms with van der Waals surface area (Å²) < 4.78 is 48.1. The summed E-state index contributed by atoms with van der Waals surface area (Å²) in [7, 11) is 1.56. The molecule has 252 valence electrons. The first kappa shape index (κ1) is 32.9. The van der Waals surface area contributed by atoms with Crippen LogP contribution in [0.15, 0.2) is 66.4 Å². The Hall–Kier alpha value is -5.03. The van der Waals surface area contributed by atoms with Crippen molar-refractivity contribution in [2.75, 3.05) is 25.1 Å². The maximum atomic E-state index is 14.1. The minimum Gasteiger partial charge on any atom is -0.444 e. The lowest BCUT2D eigenvalue weighted by Gasteiger charge is -2.33. The van der Waals surface area contributed by atoms with Gasteiger partial charge < -0.3 is 20.1 Å². The standard InChI is InChI=1S/C34H36F3N7O4/c1-33(2,3)48-32(47)42-18-21-14-24(15-22(21)19-42)40-30(45)28-29(27-12-13-39-43(27)25-10-8-20(17-38)9-11-25)41(4)44(31(28)46)26-7-5-6-23(16-26)34(35,36)37/h5-13,16,21-22,24,31,46H,14-15,18-19H2,1-4H3,(H,40,45)/t21-,22+,24?,31?. The van der Waals surface area contributed by atoms with E-state index in [-0.39, 0.29) is 40.9 Å². The number of aliphatic hydroxyl groups is 1. The second-order valence-electron chi connectivity index (χ2n) is 13.4. The van der Waals surface area contributed by atoms with Crippen LogP contribution in [0.1, 0.15) is 50.4 Å². The number of amides is 2. The Labute approximate surface area is 275 Å². The van der Waals surface area contributed by atoms with E-state index in [1.54, 1.807) is 42.3 Å². The zero-order valence-corrected chi connectivity index (χ0v) is 26.9. The van der Waals surface area contributed by atoms with Gasteiger partial charge in [0.1, 0.15) is 5.60 Å². The molecule has 3 aromatic rings. The van der Waals surface area contributed by atoms with Crippen LogP contribution in [-0.4, -0.2) is 74.8 Å². The third-order valence-corrected chi connectivity index (χ3v) is 8.94. The topological polar surface area (TPSA) is 127 Å². The van der Waals surface area contributed by atoms with Crippen LogP contribution >= 0.6 is 0 Å². The van der Waals surface area contributed by atoms with Crippen LogP contribution in [0.2, 0.25) is 0 Å². The molecule has 48 heavy (non-hydrogen) atoms. The summed E-state index contributed by atoms with van der Waals surface area (Å²) >= 11 is 0. The molecule has 2 N–H and O–H groups in total. The molecule has 2 unspecified atom stereocenters. The van der Waals surface area contributed by atoms with Gasteiger partial charge in [0.15, 0.2) is 6.23 Å². The second-order valence-corrected chi connectivity index (χ2v) is 13.4. The predicted molar refractivity (Wildman–Crippen MR) is 169 cm³/mol. The zero-order chi connectivity index (χ0) is 34.5. The predicted octanol–water partition coefficient (Wildman–Crippen LogP) is 4.92. The van der Waals surface area contributed by atoms with E-state index in [9.17, 15) is 33.1 Å². The van der Waals surface area contributed by atoms with Gasteiger partial charge in [0.05, 0.1) is 51.7 Å². The number of nitriles is 1. The first-order valence-electron chi connectivity index (χ1n) is 15.6. The van der Waals surface area contributed by atoms with Crippen molar-refractivity contribution in [2.45, 2.75) is 57.7 Å². The molecule has 4 atom stereocenters. The summed E-state index contributed by atoms with van der Waals surface area (Å²) in [6, 6.07) is 14.6. The molecule has 1 saturated carbocycles. The molecule has 11 nitrogen and oxygen atoms in total. The number of anilines is 1. The van der Waals surface area contributed by atoms with Crippen molar-refractivity contribution >= 4 is 23.4 Å². The van der Waals surface area contributed by atoms with Crippen molar-refractivity contribution in [2.24, 2.45) is 11.8 Å². The number of hydrogen-bond acceptors (Lipinski definition) is 8. The van der Waals surface area contributed by atoms with Crippen molar-refractivity contribution in [3.8, 4) is 11.8 Å². The minimum absolute atomic E-state index is 0.0298. The normalized spacial score (nSPS) is 22.6. The lowest BCUT2D eigenvalue weighted by Crippen LogP contribution is -2.43. The molecular weight excluding hydrogens is 627 g/mol. The van der Waals surface area contributed by atoms with Crippen molar-refractivity contribution in [1.82, 2.24) is 25.0 Å². The summed E-state index contributed by atoms with van der Waals surface area (Å²) in [5.74, 6) is -0.251. The number of hydrazine groups is 1. The van der Waals surface area contributed by atoms with Gasteiger partial charge in [-0.1, -0.05) is 6.07 Å². The number of rotatable bonds is 5. The Kier molecular flexibility index (Phi) is 8.36. The molecule has 0 radical (unpaired) electrons. The number of ether oxygens (including phenoxy) is 1. The van der Waals surface area contributed by atoms with Crippen molar-refractivity contribution in [1.29, 1.82) is 5.26 Å².